The predicted octanol–water partition coefficient (Wildman–Crippen LogP) is 1.88. The Morgan fingerprint density at radius 1 is 1.20 bits per heavy atom. The highest BCUT2D eigenvalue weighted by Crippen LogP contribution is 2.57. The summed E-state index contributed by atoms with van der Waals surface area (Å²) in [6.45, 7) is 3.61. The zero-order valence-electron chi connectivity index (χ0n) is 8.89. The molecule has 1 amide bonds. The second kappa shape index (κ2) is 3.09. The molecule has 2 unspecified atom stereocenters. The molecular weight excluding hydrogens is 186 g/mol. The molecule has 0 spiro atoms. The third kappa shape index (κ3) is 1.36. The SMILES string of the molecule is CC(=O)N1CC2C(C1)C2c1ccccc1. The van der Waals surface area contributed by atoms with Crippen LogP contribution in [0.4, 0.5) is 0 Å². The highest BCUT2D eigenvalue weighted by Gasteiger charge is 2.56. The van der Waals surface area contributed by atoms with Crippen LogP contribution in [-0.2, 0) is 4.79 Å². The van der Waals surface area contributed by atoms with Gasteiger partial charge in [0.1, 0.15) is 0 Å². The van der Waals surface area contributed by atoms with Gasteiger partial charge < -0.3 is 4.90 Å². The molecule has 2 atom stereocenters. The number of carbonyl (C=O) groups is 1. The van der Waals surface area contributed by atoms with Gasteiger partial charge in [0, 0.05) is 20.0 Å². The molecule has 1 saturated heterocycles. The average Bonchev–Trinajstić information content (AvgIpc) is 2.74. The number of benzene rings is 1. The van der Waals surface area contributed by atoms with E-state index >= 15 is 0 Å². The van der Waals surface area contributed by atoms with Crippen LogP contribution in [0.3, 0.4) is 0 Å². The van der Waals surface area contributed by atoms with E-state index in [1.54, 1.807) is 6.92 Å². The molecule has 3 rings (SSSR count). The fraction of sp³-hybridized carbons (Fsp3) is 0.462. The van der Waals surface area contributed by atoms with E-state index in [1.165, 1.54) is 5.56 Å². The normalized spacial score (nSPS) is 32.6. The average molecular weight is 201 g/mol. The van der Waals surface area contributed by atoms with Crippen LogP contribution in [0.15, 0.2) is 30.3 Å². The summed E-state index contributed by atoms with van der Waals surface area (Å²) in [5, 5.41) is 0. The first-order valence-electron chi connectivity index (χ1n) is 5.58. The van der Waals surface area contributed by atoms with Crippen molar-refractivity contribution in [1.29, 1.82) is 0 Å². The number of amides is 1. The molecule has 2 aliphatic rings. The number of carbonyl (C=O) groups excluding carboxylic acids is 1. The van der Waals surface area contributed by atoms with Crippen molar-refractivity contribution in [3.63, 3.8) is 0 Å². The topological polar surface area (TPSA) is 20.3 Å². The first kappa shape index (κ1) is 8.96. The lowest BCUT2D eigenvalue weighted by molar-refractivity contribution is -0.128. The van der Waals surface area contributed by atoms with E-state index in [0.29, 0.717) is 0 Å². The molecule has 1 aliphatic heterocycles. The maximum absolute atomic E-state index is 11.2. The van der Waals surface area contributed by atoms with Gasteiger partial charge in [-0.15, -0.1) is 0 Å². The van der Waals surface area contributed by atoms with Gasteiger partial charge in [-0.1, -0.05) is 30.3 Å². The minimum Gasteiger partial charge on any atom is -0.342 e. The van der Waals surface area contributed by atoms with E-state index < -0.39 is 0 Å². The fourth-order valence-electron chi connectivity index (χ4n) is 2.95. The molecule has 2 fully saturated rings. The van der Waals surface area contributed by atoms with Gasteiger partial charge in [-0.05, 0) is 23.3 Å². The second-order valence-electron chi connectivity index (χ2n) is 4.69. The van der Waals surface area contributed by atoms with Gasteiger partial charge in [-0.2, -0.15) is 0 Å². The van der Waals surface area contributed by atoms with Gasteiger partial charge >= 0.3 is 0 Å². The van der Waals surface area contributed by atoms with Gasteiger partial charge in [-0.25, -0.2) is 0 Å². The summed E-state index contributed by atoms with van der Waals surface area (Å²) in [5.41, 5.74) is 1.45. The predicted molar refractivity (Wildman–Crippen MR) is 58.4 cm³/mol. The summed E-state index contributed by atoms with van der Waals surface area (Å²) < 4.78 is 0. The first-order chi connectivity index (χ1) is 7.27. The lowest BCUT2D eigenvalue weighted by Gasteiger charge is -2.17. The zero-order chi connectivity index (χ0) is 10.4. The number of hydrogen-bond donors (Lipinski definition) is 0. The van der Waals surface area contributed by atoms with E-state index in [4.69, 9.17) is 0 Å². The van der Waals surface area contributed by atoms with Gasteiger partial charge in [0.15, 0.2) is 0 Å². The van der Waals surface area contributed by atoms with E-state index in [0.717, 1.165) is 30.8 Å². The van der Waals surface area contributed by atoms with Crippen LogP contribution in [0.2, 0.25) is 0 Å². The number of hydrogen-bond acceptors (Lipinski definition) is 1. The molecule has 0 aromatic heterocycles. The molecule has 78 valence electrons. The summed E-state index contributed by atoms with van der Waals surface area (Å²) in [6.07, 6.45) is 0. The van der Waals surface area contributed by atoms with Crippen molar-refractivity contribution in [2.45, 2.75) is 12.8 Å². The van der Waals surface area contributed by atoms with Crippen molar-refractivity contribution in [3.8, 4) is 0 Å². The number of rotatable bonds is 1. The van der Waals surface area contributed by atoms with Crippen LogP contribution in [0, 0.1) is 11.8 Å². The third-order valence-corrected chi connectivity index (χ3v) is 3.82. The number of fused-ring (bicyclic) bond motifs is 1. The van der Waals surface area contributed by atoms with Crippen molar-refractivity contribution in [2.75, 3.05) is 13.1 Å². The van der Waals surface area contributed by atoms with Crippen LogP contribution in [-0.4, -0.2) is 23.9 Å². The van der Waals surface area contributed by atoms with E-state index in [2.05, 4.69) is 30.3 Å². The Balaban J connectivity index is 1.71. The lowest BCUT2D eigenvalue weighted by Crippen LogP contribution is -2.28. The van der Waals surface area contributed by atoms with Gasteiger partial charge in [0.2, 0.25) is 5.91 Å². The van der Waals surface area contributed by atoms with Gasteiger partial charge in [-0.3, -0.25) is 4.79 Å². The Bertz CT molecular complexity index is 375. The smallest absolute Gasteiger partial charge is 0.219 e. The summed E-state index contributed by atoms with van der Waals surface area (Å²) in [6, 6.07) is 10.7. The molecule has 2 heteroatoms. The monoisotopic (exact) mass is 201 g/mol. The van der Waals surface area contributed by atoms with Crippen molar-refractivity contribution in [2.24, 2.45) is 11.8 Å². The Morgan fingerprint density at radius 2 is 1.80 bits per heavy atom. The van der Waals surface area contributed by atoms with Crippen LogP contribution in [0.5, 0.6) is 0 Å². The molecule has 0 radical (unpaired) electrons. The van der Waals surface area contributed by atoms with E-state index in [-0.39, 0.29) is 5.91 Å². The maximum atomic E-state index is 11.2. The Labute approximate surface area is 89.9 Å². The summed E-state index contributed by atoms with van der Waals surface area (Å²) in [4.78, 5) is 13.2. The molecule has 1 aromatic carbocycles. The molecule has 1 saturated carbocycles. The molecule has 15 heavy (non-hydrogen) atoms. The molecule has 2 nitrogen and oxygen atoms in total. The second-order valence-corrected chi connectivity index (χ2v) is 4.69. The maximum Gasteiger partial charge on any atom is 0.219 e. The van der Waals surface area contributed by atoms with Crippen molar-refractivity contribution >= 4 is 5.91 Å². The van der Waals surface area contributed by atoms with E-state index in [1.807, 2.05) is 4.90 Å². The van der Waals surface area contributed by atoms with Crippen LogP contribution in [0.1, 0.15) is 18.4 Å². The van der Waals surface area contributed by atoms with Crippen LogP contribution >= 0.6 is 0 Å². The highest BCUT2D eigenvalue weighted by molar-refractivity contribution is 5.74. The molecule has 0 N–H and O–H groups in total. The largest absolute Gasteiger partial charge is 0.342 e. The first-order valence-corrected chi connectivity index (χ1v) is 5.58. The highest BCUT2D eigenvalue weighted by atomic mass is 16.2. The fourth-order valence-corrected chi connectivity index (χ4v) is 2.95. The Morgan fingerprint density at radius 3 is 2.33 bits per heavy atom. The summed E-state index contributed by atoms with van der Waals surface area (Å²) in [7, 11) is 0. The van der Waals surface area contributed by atoms with Crippen LogP contribution in [0.25, 0.3) is 0 Å². The lowest BCUT2D eigenvalue weighted by atomic mass is 10.1. The third-order valence-electron chi connectivity index (χ3n) is 3.82. The number of piperidine rings is 1. The molecule has 1 heterocycles. The zero-order valence-corrected chi connectivity index (χ0v) is 8.89. The van der Waals surface area contributed by atoms with Gasteiger partial charge in [0.25, 0.3) is 0 Å². The van der Waals surface area contributed by atoms with E-state index in [9.17, 15) is 4.79 Å². The van der Waals surface area contributed by atoms with Crippen LogP contribution < -0.4 is 0 Å². The number of likely N-dealkylation sites (tertiary alicyclic amines) is 1. The summed E-state index contributed by atoms with van der Waals surface area (Å²) >= 11 is 0. The number of nitrogens with zero attached hydrogens (tertiary/aromatic N) is 1. The Kier molecular flexibility index (Phi) is 1.84. The minimum atomic E-state index is 0.231. The van der Waals surface area contributed by atoms with Gasteiger partial charge in [0.05, 0.1) is 0 Å². The molecule has 1 aliphatic carbocycles. The molecule has 1 aromatic rings. The van der Waals surface area contributed by atoms with Crippen molar-refractivity contribution < 1.29 is 4.79 Å². The quantitative estimate of drug-likeness (QED) is 0.679. The molecular formula is C13H15NO. The standard InChI is InChI=1S/C13H15NO/c1-9(15)14-7-11-12(8-14)13(11)10-5-3-2-4-6-10/h2-6,11-13H,7-8H2,1H3. The minimum absolute atomic E-state index is 0.231. The summed E-state index contributed by atoms with van der Waals surface area (Å²) in [5.74, 6) is 2.42. The molecule has 0 bridgehead atoms. The van der Waals surface area contributed by atoms with Crippen molar-refractivity contribution in [3.05, 3.63) is 35.9 Å². The van der Waals surface area contributed by atoms with Crippen molar-refractivity contribution in [1.82, 2.24) is 4.90 Å². The Hall–Kier alpha value is -1.31.